The van der Waals surface area contributed by atoms with Crippen LogP contribution in [-0.4, -0.2) is 45.8 Å². The smallest absolute Gasteiger partial charge is 0.270 e. The van der Waals surface area contributed by atoms with Crippen LogP contribution < -0.4 is 4.90 Å². The first-order chi connectivity index (χ1) is 17.4. The third-order valence-electron chi connectivity index (χ3n) is 8.20. The molecule has 1 fully saturated rings. The summed E-state index contributed by atoms with van der Waals surface area (Å²) in [7, 11) is 1.99. The fraction of sp³-hybridized carbons (Fsp3) is 0.400. The van der Waals surface area contributed by atoms with Crippen LogP contribution in [0.2, 0.25) is 0 Å². The van der Waals surface area contributed by atoms with Crippen molar-refractivity contribution in [2.75, 3.05) is 18.5 Å². The predicted molar refractivity (Wildman–Crippen MR) is 145 cm³/mol. The Morgan fingerprint density at radius 3 is 2.54 bits per heavy atom. The molecule has 0 amide bonds. The number of benzene rings is 2. The molecule has 3 aliphatic rings. The zero-order valence-corrected chi connectivity index (χ0v) is 22.3. The summed E-state index contributed by atoms with van der Waals surface area (Å²) in [5.74, 6) is -0.306. The Morgan fingerprint density at radius 1 is 1.22 bits per heavy atom. The maximum absolute atomic E-state index is 13.6. The number of Topliss-reactive ketones (excluding diaryl/α,β-unsaturated/α-hetero) is 1. The van der Waals surface area contributed by atoms with Crippen LogP contribution in [0.5, 0.6) is 0 Å². The Morgan fingerprint density at radius 2 is 1.92 bits per heavy atom. The Labute approximate surface area is 217 Å². The van der Waals surface area contributed by atoms with Crippen LogP contribution in [0.25, 0.3) is 5.57 Å². The van der Waals surface area contributed by atoms with Gasteiger partial charge in [0.1, 0.15) is 6.54 Å². The van der Waals surface area contributed by atoms with E-state index in [2.05, 4.69) is 49.3 Å². The van der Waals surface area contributed by atoms with Crippen LogP contribution in [-0.2, 0) is 10.2 Å². The van der Waals surface area contributed by atoms with Gasteiger partial charge in [0.2, 0.25) is 5.69 Å². The summed E-state index contributed by atoms with van der Waals surface area (Å²) >= 11 is 0. The van der Waals surface area contributed by atoms with Crippen molar-refractivity contribution in [1.82, 2.24) is 0 Å². The molecule has 7 nitrogen and oxygen atoms in total. The maximum atomic E-state index is 13.6. The van der Waals surface area contributed by atoms with Crippen LogP contribution in [0.15, 0.2) is 59.8 Å². The van der Waals surface area contributed by atoms with E-state index >= 15 is 0 Å². The number of anilines is 1. The first kappa shape index (κ1) is 25.1. The van der Waals surface area contributed by atoms with Crippen LogP contribution >= 0.6 is 0 Å². The van der Waals surface area contributed by atoms with Gasteiger partial charge in [0.05, 0.1) is 28.1 Å². The van der Waals surface area contributed by atoms with E-state index in [1.807, 2.05) is 32.2 Å². The van der Waals surface area contributed by atoms with E-state index < -0.39 is 16.9 Å². The lowest BCUT2D eigenvalue weighted by molar-refractivity contribution is -0.439. The van der Waals surface area contributed by atoms with E-state index in [1.165, 1.54) is 17.7 Å². The van der Waals surface area contributed by atoms with Crippen molar-refractivity contribution in [3.63, 3.8) is 0 Å². The highest BCUT2D eigenvalue weighted by Crippen LogP contribution is 2.49. The number of nitrogens with zero attached hydrogens (tertiary/aromatic N) is 3. The largest absolute Gasteiger partial charge is 0.387 e. The van der Waals surface area contributed by atoms with Crippen molar-refractivity contribution in [3.8, 4) is 0 Å². The van der Waals surface area contributed by atoms with Gasteiger partial charge in [0, 0.05) is 61.0 Å². The lowest BCUT2D eigenvalue weighted by Crippen LogP contribution is -2.46. The van der Waals surface area contributed by atoms with Crippen LogP contribution in [0.3, 0.4) is 0 Å². The highest BCUT2D eigenvalue weighted by atomic mass is 16.6. The number of aliphatic hydroxyl groups excluding tert-OH is 1. The Hall–Kier alpha value is -3.58. The van der Waals surface area contributed by atoms with Crippen LogP contribution in [0, 0.1) is 22.0 Å². The summed E-state index contributed by atoms with van der Waals surface area (Å²) in [6, 6.07) is 13.0. The summed E-state index contributed by atoms with van der Waals surface area (Å²) < 4.78 is 2.12. The SMILES string of the molecule is CC1=[N+](CCC(C)C)c2ccc([N+](=O)[O-])cc2C1=C1C(=O)C(C=C2N(C)c3ccccc3C2(C)C)C1O. The molecular weight excluding hydrogens is 466 g/mol. The molecule has 192 valence electrons. The number of rotatable bonds is 5. The normalized spacial score (nSPS) is 25.1. The minimum atomic E-state index is -0.977. The van der Waals surface area contributed by atoms with Gasteiger partial charge in [-0.05, 0) is 17.5 Å². The molecule has 2 aromatic carbocycles. The average molecular weight is 501 g/mol. The number of carbonyl (C=O) groups is 1. The molecule has 0 spiro atoms. The molecule has 2 unspecified atom stereocenters. The number of non-ortho nitro benzene ring substituents is 1. The van der Waals surface area contributed by atoms with Crippen molar-refractivity contribution in [1.29, 1.82) is 0 Å². The second-order valence-electron chi connectivity index (χ2n) is 11.3. The van der Waals surface area contributed by atoms with Gasteiger partial charge in [-0.3, -0.25) is 14.9 Å². The number of hydrogen-bond acceptors (Lipinski definition) is 5. The monoisotopic (exact) mass is 500 g/mol. The Kier molecular flexibility index (Phi) is 5.94. The summed E-state index contributed by atoms with van der Waals surface area (Å²) in [4.78, 5) is 26.9. The van der Waals surface area contributed by atoms with E-state index in [1.54, 1.807) is 6.07 Å². The summed E-state index contributed by atoms with van der Waals surface area (Å²) in [5, 5.41) is 22.9. The number of carbonyl (C=O) groups excluding carboxylic acids is 1. The van der Waals surface area contributed by atoms with E-state index in [0.717, 1.165) is 35.7 Å². The number of likely N-dealkylation sites (N-methyl/N-ethyl adjacent to an activating group) is 1. The van der Waals surface area contributed by atoms with Crippen LogP contribution in [0.4, 0.5) is 17.1 Å². The molecule has 2 aliphatic heterocycles. The minimum Gasteiger partial charge on any atom is -0.387 e. The van der Waals surface area contributed by atoms with Gasteiger partial charge in [0.15, 0.2) is 11.5 Å². The number of allylic oxidation sites excluding steroid dienone is 2. The molecular formula is C30H34N3O4+. The quantitative estimate of drug-likeness (QED) is 0.258. The molecule has 2 aromatic rings. The topological polar surface area (TPSA) is 86.7 Å². The number of ketones is 1. The van der Waals surface area contributed by atoms with Crippen LogP contribution in [0.1, 0.15) is 52.2 Å². The molecule has 0 radical (unpaired) electrons. The summed E-state index contributed by atoms with van der Waals surface area (Å²) in [5.41, 5.74) is 6.28. The second-order valence-corrected chi connectivity index (χ2v) is 11.3. The highest BCUT2D eigenvalue weighted by Gasteiger charge is 2.50. The molecule has 1 saturated carbocycles. The van der Waals surface area contributed by atoms with Gasteiger partial charge in [-0.2, -0.15) is 4.58 Å². The zero-order valence-electron chi connectivity index (χ0n) is 22.3. The van der Waals surface area contributed by atoms with E-state index in [0.29, 0.717) is 22.6 Å². The third kappa shape index (κ3) is 3.75. The van der Waals surface area contributed by atoms with Gasteiger partial charge in [-0.15, -0.1) is 0 Å². The molecule has 7 heteroatoms. The molecule has 2 atom stereocenters. The van der Waals surface area contributed by atoms with Crippen molar-refractivity contribution in [2.24, 2.45) is 11.8 Å². The Balaban J connectivity index is 1.57. The standard InChI is InChI=1S/C30H34N3O4/c1-17(2)13-14-32-18(3)26(20-15-19(33(36)37)11-12-23(20)32)27-28(34)21(29(27)35)16-25-30(4,5)22-9-7-8-10-24(22)31(25)6/h7-12,15-17,21,28,34H,13-14H2,1-6H3/q+1. The molecule has 1 aliphatic carbocycles. The van der Waals surface area contributed by atoms with Crippen molar-refractivity contribution < 1.29 is 19.4 Å². The van der Waals surface area contributed by atoms with Crippen molar-refractivity contribution in [3.05, 3.63) is 81.1 Å². The number of hydrogen-bond donors (Lipinski definition) is 1. The second kappa shape index (κ2) is 8.77. The highest BCUT2D eigenvalue weighted by molar-refractivity contribution is 6.32. The van der Waals surface area contributed by atoms with Gasteiger partial charge in [-0.1, -0.05) is 52.0 Å². The zero-order chi connectivity index (χ0) is 26.8. The van der Waals surface area contributed by atoms with Gasteiger partial charge >= 0.3 is 0 Å². The van der Waals surface area contributed by atoms with E-state index in [-0.39, 0.29) is 16.9 Å². The van der Waals surface area contributed by atoms with Crippen molar-refractivity contribution in [2.45, 2.75) is 52.6 Å². The summed E-state index contributed by atoms with van der Waals surface area (Å²) in [6.45, 7) is 11.2. The molecule has 2 heterocycles. The van der Waals surface area contributed by atoms with E-state index in [9.17, 15) is 20.0 Å². The number of nitro benzene ring substituents is 1. The number of fused-ring (bicyclic) bond motifs is 2. The first-order valence-corrected chi connectivity index (χ1v) is 12.9. The molecule has 37 heavy (non-hydrogen) atoms. The van der Waals surface area contributed by atoms with Gasteiger partial charge in [0.25, 0.3) is 5.69 Å². The number of nitro groups is 1. The molecule has 0 bridgehead atoms. The molecule has 5 rings (SSSR count). The maximum Gasteiger partial charge on any atom is 0.270 e. The lowest BCUT2D eigenvalue weighted by Gasteiger charge is -2.35. The lowest BCUT2D eigenvalue weighted by atomic mass is 9.70. The summed E-state index contributed by atoms with van der Waals surface area (Å²) in [6.07, 6.45) is 1.87. The average Bonchev–Trinajstić information content (AvgIpc) is 3.23. The molecule has 0 aromatic heterocycles. The molecule has 1 N–H and O–H groups in total. The fourth-order valence-electron chi connectivity index (χ4n) is 6.06. The van der Waals surface area contributed by atoms with Crippen molar-refractivity contribution >= 4 is 34.1 Å². The molecule has 0 saturated heterocycles. The number of aliphatic hydroxyl groups is 1. The fourth-order valence-corrected chi connectivity index (χ4v) is 6.06. The Bertz CT molecular complexity index is 1430. The van der Waals surface area contributed by atoms with Gasteiger partial charge < -0.3 is 10.0 Å². The number of para-hydroxylation sites is 1. The third-order valence-corrected chi connectivity index (χ3v) is 8.20. The first-order valence-electron chi connectivity index (χ1n) is 12.9. The minimum absolute atomic E-state index is 0.0256. The predicted octanol–water partition coefficient (Wildman–Crippen LogP) is 5.38. The van der Waals surface area contributed by atoms with Gasteiger partial charge in [-0.25, -0.2) is 0 Å². The van der Waals surface area contributed by atoms with E-state index in [4.69, 9.17) is 0 Å².